The zero-order valence-corrected chi connectivity index (χ0v) is 21.1. The van der Waals surface area contributed by atoms with Crippen molar-refractivity contribution in [3.05, 3.63) is 77.1 Å². The molecule has 1 aromatic carbocycles. The van der Waals surface area contributed by atoms with Crippen molar-refractivity contribution < 1.29 is 19.0 Å². The third-order valence-corrected chi connectivity index (χ3v) is 7.02. The van der Waals surface area contributed by atoms with Gasteiger partial charge in [0.1, 0.15) is 0 Å². The summed E-state index contributed by atoms with van der Waals surface area (Å²) in [6.07, 6.45) is 1.86. The Morgan fingerprint density at radius 3 is 2.56 bits per heavy atom. The van der Waals surface area contributed by atoms with Gasteiger partial charge in [0.25, 0.3) is 5.56 Å². The van der Waals surface area contributed by atoms with Crippen LogP contribution in [0, 0.1) is 0 Å². The summed E-state index contributed by atoms with van der Waals surface area (Å²) >= 11 is 2.86. The molecule has 1 aliphatic heterocycles. The van der Waals surface area contributed by atoms with Crippen molar-refractivity contribution in [2.24, 2.45) is 4.99 Å². The van der Waals surface area contributed by atoms with Gasteiger partial charge in [-0.25, -0.2) is 9.79 Å². The summed E-state index contributed by atoms with van der Waals surface area (Å²) in [5.41, 5.74) is 1.37. The van der Waals surface area contributed by atoms with E-state index in [1.807, 2.05) is 55.6 Å². The van der Waals surface area contributed by atoms with Crippen LogP contribution in [0.5, 0.6) is 11.5 Å². The van der Waals surface area contributed by atoms with Crippen LogP contribution in [-0.4, -0.2) is 30.4 Å². The Morgan fingerprint density at radius 2 is 1.88 bits per heavy atom. The number of thiazole rings is 1. The van der Waals surface area contributed by atoms with Gasteiger partial charge in [0, 0.05) is 4.88 Å². The summed E-state index contributed by atoms with van der Waals surface area (Å²) in [5.74, 6) is 0.671. The van der Waals surface area contributed by atoms with Gasteiger partial charge in [0.15, 0.2) is 16.3 Å². The van der Waals surface area contributed by atoms with Crippen molar-refractivity contribution >= 4 is 34.7 Å². The second kappa shape index (κ2) is 10.4. The summed E-state index contributed by atoms with van der Waals surface area (Å²) in [4.78, 5) is 32.8. The van der Waals surface area contributed by atoms with Crippen molar-refractivity contribution in [2.75, 3.05) is 19.8 Å². The maximum absolute atomic E-state index is 13.6. The molecular formula is C25H26N2O5S2. The van der Waals surface area contributed by atoms with Gasteiger partial charge in [-0.1, -0.05) is 23.5 Å². The summed E-state index contributed by atoms with van der Waals surface area (Å²) in [7, 11) is 0. The highest BCUT2D eigenvalue weighted by Gasteiger charge is 2.34. The molecule has 2 aromatic heterocycles. The lowest BCUT2D eigenvalue weighted by atomic mass is 9.95. The molecule has 178 valence electrons. The molecule has 0 unspecified atom stereocenters. The molecule has 0 radical (unpaired) electrons. The van der Waals surface area contributed by atoms with Gasteiger partial charge in [-0.15, -0.1) is 11.3 Å². The minimum atomic E-state index is -0.698. The molecule has 0 spiro atoms. The molecule has 0 N–H and O–H groups in total. The van der Waals surface area contributed by atoms with Crippen LogP contribution in [0.15, 0.2) is 56.8 Å². The van der Waals surface area contributed by atoms with Gasteiger partial charge in [0.2, 0.25) is 0 Å². The first-order valence-corrected chi connectivity index (χ1v) is 12.8. The maximum atomic E-state index is 13.6. The first-order chi connectivity index (χ1) is 16.5. The lowest BCUT2D eigenvalue weighted by molar-refractivity contribution is -0.139. The van der Waals surface area contributed by atoms with E-state index in [0.717, 1.165) is 4.88 Å². The van der Waals surface area contributed by atoms with E-state index in [1.54, 1.807) is 29.8 Å². The topological polar surface area (TPSA) is 79.1 Å². The van der Waals surface area contributed by atoms with Gasteiger partial charge in [-0.05, 0) is 62.9 Å². The highest BCUT2D eigenvalue weighted by molar-refractivity contribution is 7.11. The number of nitrogens with zero attached hydrogens (tertiary/aromatic N) is 2. The van der Waals surface area contributed by atoms with Crippen molar-refractivity contribution in [1.82, 2.24) is 4.57 Å². The number of thiophene rings is 1. The van der Waals surface area contributed by atoms with Crippen molar-refractivity contribution in [3.8, 4) is 11.5 Å². The first kappa shape index (κ1) is 24.0. The average molecular weight is 499 g/mol. The normalized spacial score (nSPS) is 15.6. The number of ether oxygens (including phenoxy) is 3. The molecule has 1 aliphatic rings. The smallest absolute Gasteiger partial charge is 0.338 e. The Hall–Kier alpha value is -3.17. The molecule has 9 heteroatoms. The van der Waals surface area contributed by atoms with E-state index < -0.39 is 12.0 Å². The largest absolute Gasteiger partial charge is 0.490 e. The molecule has 0 saturated carbocycles. The minimum absolute atomic E-state index is 0.205. The van der Waals surface area contributed by atoms with Crippen LogP contribution < -0.4 is 24.4 Å². The summed E-state index contributed by atoms with van der Waals surface area (Å²) < 4.78 is 19.0. The van der Waals surface area contributed by atoms with Gasteiger partial charge in [0.05, 0.1) is 41.7 Å². The first-order valence-electron chi connectivity index (χ1n) is 11.1. The Balaban J connectivity index is 1.95. The number of benzene rings is 1. The molecule has 0 saturated heterocycles. The Bertz CT molecular complexity index is 1400. The van der Waals surface area contributed by atoms with Crippen LogP contribution in [0.4, 0.5) is 0 Å². The number of aromatic nitrogens is 1. The molecule has 0 aliphatic carbocycles. The van der Waals surface area contributed by atoms with E-state index in [0.29, 0.717) is 50.9 Å². The minimum Gasteiger partial charge on any atom is -0.490 e. The second-order valence-electron chi connectivity index (χ2n) is 7.39. The zero-order chi connectivity index (χ0) is 24.2. The van der Waals surface area contributed by atoms with Gasteiger partial charge < -0.3 is 14.2 Å². The van der Waals surface area contributed by atoms with Crippen LogP contribution in [-0.2, 0) is 9.53 Å². The molecule has 0 amide bonds. The number of carbonyl (C=O) groups excluding carboxylic acids is 1. The van der Waals surface area contributed by atoms with Crippen LogP contribution in [0.2, 0.25) is 0 Å². The Labute approximate surface area is 205 Å². The molecule has 3 aromatic rings. The number of fused-ring (bicyclic) bond motifs is 1. The molecular weight excluding hydrogens is 472 g/mol. The van der Waals surface area contributed by atoms with Crippen LogP contribution in [0.3, 0.4) is 0 Å². The summed E-state index contributed by atoms with van der Waals surface area (Å²) in [6, 6.07) is 8.69. The highest BCUT2D eigenvalue weighted by Crippen LogP contribution is 2.36. The molecule has 3 heterocycles. The SMILES string of the molecule is CCOC(=O)C1=C(C)N=c2sc(=Cc3cccs3)c(=O)n2[C@@H]1c1ccc(OCC)c(OCC)c1. The molecule has 1 atom stereocenters. The molecule has 34 heavy (non-hydrogen) atoms. The third kappa shape index (κ3) is 4.58. The number of hydrogen-bond acceptors (Lipinski definition) is 8. The number of esters is 1. The lowest BCUT2D eigenvalue weighted by Gasteiger charge is -2.25. The van der Waals surface area contributed by atoms with Crippen molar-refractivity contribution in [3.63, 3.8) is 0 Å². The fourth-order valence-corrected chi connectivity index (χ4v) is 5.62. The standard InChI is InChI=1S/C25H26N2O5S2/c1-5-30-18-11-10-16(13-19(18)31-6-2)22-21(24(29)32-7-3)15(4)26-25-27(22)23(28)20(34-25)14-17-9-8-12-33-17/h8-14,22H,5-7H2,1-4H3/t22-/m1/s1. The predicted molar refractivity (Wildman–Crippen MR) is 133 cm³/mol. The van der Waals surface area contributed by atoms with Gasteiger partial charge in [-0.2, -0.15) is 0 Å². The maximum Gasteiger partial charge on any atom is 0.338 e. The van der Waals surface area contributed by atoms with Gasteiger partial charge in [-0.3, -0.25) is 9.36 Å². The number of rotatable bonds is 8. The van der Waals surface area contributed by atoms with Crippen molar-refractivity contribution in [2.45, 2.75) is 33.7 Å². The third-order valence-electron chi connectivity index (χ3n) is 5.22. The fourth-order valence-electron chi connectivity index (χ4n) is 3.85. The molecule has 0 fully saturated rings. The number of allylic oxidation sites excluding steroid dienone is 1. The average Bonchev–Trinajstić information content (AvgIpc) is 3.43. The predicted octanol–water partition coefficient (Wildman–Crippen LogP) is 3.66. The Morgan fingerprint density at radius 1 is 1.12 bits per heavy atom. The van der Waals surface area contributed by atoms with E-state index in [-0.39, 0.29) is 12.2 Å². The lowest BCUT2D eigenvalue weighted by Crippen LogP contribution is -2.39. The van der Waals surface area contributed by atoms with E-state index in [2.05, 4.69) is 4.99 Å². The number of hydrogen-bond donors (Lipinski definition) is 0. The molecule has 0 bridgehead atoms. The number of carbonyl (C=O) groups is 1. The van der Waals surface area contributed by atoms with E-state index >= 15 is 0 Å². The fraction of sp³-hybridized carbons (Fsp3) is 0.320. The van der Waals surface area contributed by atoms with E-state index in [1.165, 1.54) is 11.3 Å². The Kier molecular flexibility index (Phi) is 7.33. The van der Waals surface area contributed by atoms with Crippen LogP contribution in [0.1, 0.15) is 44.2 Å². The second-order valence-corrected chi connectivity index (χ2v) is 9.38. The van der Waals surface area contributed by atoms with Crippen LogP contribution in [0.25, 0.3) is 6.08 Å². The quantitative estimate of drug-likeness (QED) is 0.443. The molecule has 4 rings (SSSR count). The summed E-state index contributed by atoms with van der Waals surface area (Å²) in [6.45, 7) is 8.48. The monoisotopic (exact) mass is 498 g/mol. The van der Waals surface area contributed by atoms with Crippen molar-refractivity contribution in [1.29, 1.82) is 0 Å². The van der Waals surface area contributed by atoms with E-state index in [9.17, 15) is 9.59 Å². The zero-order valence-electron chi connectivity index (χ0n) is 19.5. The van der Waals surface area contributed by atoms with Gasteiger partial charge >= 0.3 is 5.97 Å². The summed E-state index contributed by atoms with van der Waals surface area (Å²) in [5, 5.41) is 1.96. The highest BCUT2D eigenvalue weighted by atomic mass is 32.1. The van der Waals surface area contributed by atoms with Crippen LogP contribution >= 0.6 is 22.7 Å². The van der Waals surface area contributed by atoms with E-state index in [4.69, 9.17) is 14.2 Å². The molecule has 7 nitrogen and oxygen atoms in total.